The van der Waals surface area contributed by atoms with Crippen molar-refractivity contribution in [3.05, 3.63) is 15.8 Å². The summed E-state index contributed by atoms with van der Waals surface area (Å²) in [6.07, 6.45) is 1.89. The zero-order valence-electron chi connectivity index (χ0n) is 13.1. The molecule has 7 heteroatoms. The molecule has 0 spiro atoms. The molecule has 124 valence electrons. The van der Waals surface area contributed by atoms with Crippen molar-refractivity contribution < 1.29 is 18.3 Å². The van der Waals surface area contributed by atoms with Crippen LogP contribution < -0.4 is 4.74 Å². The largest absolute Gasteiger partial charge is 0.433 e. The number of halogens is 2. The molecule has 1 aliphatic heterocycles. The van der Waals surface area contributed by atoms with Crippen LogP contribution in [0.25, 0.3) is 0 Å². The molecule has 2 heterocycles. The van der Waals surface area contributed by atoms with Crippen molar-refractivity contribution >= 4 is 17.2 Å². The van der Waals surface area contributed by atoms with Crippen molar-refractivity contribution in [1.82, 2.24) is 9.80 Å². The Morgan fingerprint density at radius 2 is 2.09 bits per heavy atom. The van der Waals surface area contributed by atoms with Crippen LogP contribution in [-0.4, -0.2) is 56.0 Å². The van der Waals surface area contributed by atoms with Crippen LogP contribution in [0.1, 0.15) is 27.4 Å². The van der Waals surface area contributed by atoms with Gasteiger partial charge in [0.15, 0.2) is 0 Å². The number of ether oxygens (including phenoxy) is 1. The molecule has 0 N–H and O–H groups in total. The first-order valence-corrected chi connectivity index (χ1v) is 8.17. The minimum atomic E-state index is -2.91. The normalized spacial score (nSPS) is 16.6. The second-order valence-corrected chi connectivity index (χ2v) is 7.18. The lowest BCUT2D eigenvalue weighted by Crippen LogP contribution is -2.40. The van der Waals surface area contributed by atoms with Crippen LogP contribution in [0.2, 0.25) is 0 Å². The SMILES string of the molecule is Cc1cc(OC(F)F)c(C(=O)N2CCC(CN(C)C)CC2)s1. The predicted octanol–water partition coefficient (Wildman–Crippen LogP) is 3.07. The Morgan fingerprint density at radius 1 is 1.45 bits per heavy atom. The van der Waals surface area contributed by atoms with Gasteiger partial charge >= 0.3 is 6.61 Å². The van der Waals surface area contributed by atoms with Crippen LogP contribution in [0.4, 0.5) is 8.78 Å². The molecule has 2 rings (SSSR count). The minimum absolute atomic E-state index is 0.00193. The van der Waals surface area contributed by atoms with Gasteiger partial charge in [0.1, 0.15) is 10.6 Å². The lowest BCUT2D eigenvalue weighted by Gasteiger charge is -2.33. The van der Waals surface area contributed by atoms with E-state index in [1.54, 1.807) is 11.8 Å². The number of carbonyl (C=O) groups excluding carboxylic acids is 1. The Kier molecular flexibility index (Phi) is 5.74. The number of nitrogens with zero attached hydrogens (tertiary/aromatic N) is 2. The highest BCUT2D eigenvalue weighted by Gasteiger charge is 2.27. The zero-order valence-corrected chi connectivity index (χ0v) is 14.0. The van der Waals surface area contributed by atoms with Gasteiger partial charge in [-0.3, -0.25) is 4.79 Å². The number of thiophene rings is 1. The number of rotatable bonds is 5. The predicted molar refractivity (Wildman–Crippen MR) is 82.9 cm³/mol. The van der Waals surface area contributed by atoms with Gasteiger partial charge in [0, 0.05) is 24.5 Å². The van der Waals surface area contributed by atoms with E-state index in [4.69, 9.17) is 0 Å². The summed E-state index contributed by atoms with van der Waals surface area (Å²) in [6, 6.07) is 1.50. The van der Waals surface area contributed by atoms with E-state index in [1.807, 2.05) is 14.1 Å². The number of alkyl halides is 2. The van der Waals surface area contributed by atoms with Gasteiger partial charge in [-0.25, -0.2) is 0 Å². The molecule has 0 bridgehead atoms. The molecule has 0 aromatic carbocycles. The molecule has 1 aliphatic rings. The highest BCUT2D eigenvalue weighted by Crippen LogP contribution is 2.32. The molecule has 1 saturated heterocycles. The van der Waals surface area contributed by atoms with Gasteiger partial charge in [0.2, 0.25) is 0 Å². The second-order valence-electron chi connectivity index (χ2n) is 5.93. The molecular formula is C15H22F2N2O2S. The van der Waals surface area contributed by atoms with E-state index in [1.165, 1.54) is 17.4 Å². The van der Waals surface area contributed by atoms with Crippen LogP contribution >= 0.6 is 11.3 Å². The van der Waals surface area contributed by atoms with Gasteiger partial charge in [-0.2, -0.15) is 8.78 Å². The van der Waals surface area contributed by atoms with Crippen molar-refractivity contribution in [2.75, 3.05) is 33.7 Å². The van der Waals surface area contributed by atoms with E-state index in [2.05, 4.69) is 9.64 Å². The zero-order chi connectivity index (χ0) is 16.3. The fourth-order valence-electron chi connectivity index (χ4n) is 2.80. The van der Waals surface area contributed by atoms with Crippen LogP contribution in [0.15, 0.2) is 6.07 Å². The number of hydrogen-bond donors (Lipinski definition) is 0. The van der Waals surface area contributed by atoms with Gasteiger partial charge in [0.25, 0.3) is 5.91 Å². The molecule has 1 amide bonds. The molecule has 0 saturated carbocycles. The summed E-state index contributed by atoms with van der Waals surface area (Å²) < 4.78 is 29.4. The summed E-state index contributed by atoms with van der Waals surface area (Å²) in [4.78, 5) is 17.5. The summed E-state index contributed by atoms with van der Waals surface area (Å²) in [5, 5.41) is 0. The van der Waals surface area contributed by atoms with Crippen molar-refractivity contribution in [2.45, 2.75) is 26.4 Å². The summed E-state index contributed by atoms with van der Waals surface area (Å²) in [7, 11) is 4.08. The first-order valence-electron chi connectivity index (χ1n) is 7.36. The van der Waals surface area contributed by atoms with Crippen molar-refractivity contribution in [2.24, 2.45) is 5.92 Å². The Balaban J connectivity index is 2.01. The number of piperidine rings is 1. The molecule has 1 fully saturated rings. The molecule has 22 heavy (non-hydrogen) atoms. The van der Waals surface area contributed by atoms with Gasteiger partial charge in [-0.1, -0.05) is 0 Å². The highest BCUT2D eigenvalue weighted by atomic mass is 32.1. The lowest BCUT2D eigenvalue weighted by molar-refractivity contribution is -0.0499. The molecular weight excluding hydrogens is 310 g/mol. The maximum absolute atomic E-state index is 12.5. The van der Waals surface area contributed by atoms with E-state index in [0.717, 1.165) is 24.3 Å². The second kappa shape index (κ2) is 7.37. The third-order valence-corrected chi connectivity index (χ3v) is 4.78. The van der Waals surface area contributed by atoms with Crippen molar-refractivity contribution in [1.29, 1.82) is 0 Å². The fourth-order valence-corrected chi connectivity index (χ4v) is 3.71. The standard InChI is InChI=1S/C15H22F2N2O2S/c1-10-8-12(21-15(16)17)13(22-10)14(20)19-6-4-11(5-7-19)9-18(2)3/h8,11,15H,4-7,9H2,1-3H3. The van der Waals surface area contributed by atoms with Crippen LogP contribution in [0, 0.1) is 12.8 Å². The number of carbonyl (C=O) groups is 1. The molecule has 1 aromatic heterocycles. The van der Waals surface area contributed by atoms with Crippen LogP contribution in [0.3, 0.4) is 0 Å². The molecule has 0 radical (unpaired) electrons. The number of aryl methyl sites for hydroxylation is 1. The van der Waals surface area contributed by atoms with Crippen LogP contribution in [-0.2, 0) is 0 Å². The Labute approximate surface area is 133 Å². The van der Waals surface area contributed by atoms with E-state index in [0.29, 0.717) is 19.0 Å². The minimum Gasteiger partial charge on any atom is -0.433 e. The maximum atomic E-state index is 12.5. The van der Waals surface area contributed by atoms with Gasteiger partial charge in [-0.15, -0.1) is 11.3 Å². The molecule has 1 aromatic rings. The smallest absolute Gasteiger partial charge is 0.387 e. The molecule has 4 nitrogen and oxygen atoms in total. The Morgan fingerprint density at radius 3 is 2.64 bits per heavy atom. The van der Waals surface area contributed by atoms with E-state index < -0.39 is 6.61 Å². The van der Waals surface area contributed by atoms with Crippen molar-refractivity contribution in [3.8, 4) is 5.75 Å². The van der Waals surface area contributed by atoms with Crippen molar-refractivity contribution in [3.63, 3.8) is 0 Å². The summed E-state index contributed by atoms with van der Waals surface area (Å²) >= 11 is 1.21. The molecule has 0 aliphatic carbocycles. The maximum Gasteiger partial charge on any atom is 0.387 e. The van der Waals surface area contributed by atoms with Gasteiger partial charge in [-0.05, 0) is 45.8 Å². The van der Waals surface area contributed by atoms with E-state index >= 15 is 0 Å². The summed E-state index contributed by atoms with van der Waals surface area (Å²) in [5.41, 5.74) is 0. The Bertz CT molecular complexity index is 512. The molecule has 0 unspecified atom stereocenters. The van der Waals surface area contributed by atoms with E-state index in [-0.39, 0.29) is 16.5 Å². The fraction of sp³-hybridized carbons (Fsp3) is 0.667. The first-order chi connectivity index (χ1) is 10.4. The summed E-state index contributed by atoms with van der Waals surface area (Å²) in [6.45, 7) is 1.22. The van der Waals surface area contributed by atoms with Gasteiger partial charge < -0.3 is 14.5 Å². The number of amides is 1. The van der Waals surface area contributed by atoms with Crippen LogP contribution in [0.5, 0.6) is 5.75 Å². The third kappa shape index (κ3) is 4.39. The Hall–Kier alpha value is -1.21. The average Bonchev–Trinajstić information content (AvgIpc) is 2.78. The monoisotopic (exact) mass is 332 g/mol. The lowest BCUT2D eigenvalue weighted by atomic mass is 9.96. The van der Waals surface area contributed by atoms with E-state index in [9.17, 15) is 13.6 Å². The van der Waals surface area contributed by atoms with Gasteiger partial charge in [0.05, 0.1) is 0 Å². The third-order valence-electron chi connectivity index (χ3n) is 3.76. The molecule has 0 atom stereocenters. The first kappa shape index (κ1) is 17.1. The highest BCUT2D eigenvalue weighted by molar-refractivity contribution is 7.14. The topological polar surface area (TPSA) is 32.8 Å². The summed E-state index contributed by atoms with van der Waals surface area (Å²) in [5.74, 6) is 0.385. The quantitative estimate of drug-likeness (QED) is 0.831. The number of hydrogen-bond acceptors (Lipinski definition) is 4. The number of likely N-dealkylation sites (tertiary alicyclic amines) is 1. The average molecular weight is 332 g/mol.